The molecule has 3 heterocycles. The SMILES string of the molecule is Cc1cc(-c2nnc(NC(=O)c3cc(C)n(C(C)C)n3)o2)nn1C. The van der Waals surface area contributed by atoms with Crippen molar-refractivity contribution in [1.29, 1.82) is 0 Å². The summed E-state index contributed by atoms with van der Waals surface area (Å²) in [5.41, 5.74) is 2.73. The highest BCUT2D eigenvalue weighted by Crippen LogP contribution is 2.19. The molecule has 9 heteroatoms. The molecule has 0 aliphatic heterocycles. The summed E-state index contributed by atoms with van der Waals surface area (Å²) in [6.45, 7) is 7.82. The molecule has 0 saturated heterocycles. The molecule has 3 aromatic heterocycles. The van der Waals surface area contributed by atoms with Crippen LogP contribution in [0.15, 0.2) is 16.5 Å². The molecule has 1 amide bonds. The van der Waals surface area contributed by atoms with Gasteiger partial charge in [-0.05, 0) is 39.8 Å². The van der Waals surface area contributed by atoms with Crippen molar-refractivity contribution >= 4 is 11.9 Å². The van der Waals surface area contributed by atoms with Gasteiger partial charge in [0, 0.05) is 24.5 Å². The van der Waals surface area contributed by atoms with Crippen LogP contribution in [0.5, 0.6) is 0 Å². The lowest BCUT2D eigenvalue weighted by Gasteiger charge is -2.06. The van der Waals surface area contributed by atoms with E-state index in [1.165, 1.54) is 0 Å². The zero-order valence-corrected chi connectivity index (χ0v) is 14.2. The summed E-state index contributed by atoms with van der Waals surface area (Å²) >= 11 is 0. The summed E-state index contributed by atoms with van der Waals surface area (Å²) in [5.74, 6) is -0.150. The first-order valence-corrected chi connectivity index (χ1v) is 7.57. The Morgan fingerprint density at radius 3 is 2.50 bits per heavy atom. The van der Waals surface area contributed by atoms with Crippen molar-refractivity contribution in [2.75, 3.05) is 5.32 Å². The molecule has 0 saturated carbocycles. The highest BCUT2D eigenvalue weighted by molar-refractivity contribution is 6.01. The van der Waals surface area contributed by atoms with Crippen molar-refractivity contribution in [2.24, 2.45) is 7.05 Å². The molecule has 24 heavy (non-hydrogen) atoms. The van der Waals surface area contributed by atoms with Gasteiger partial charge in [0.25, 0.3) is 11.8 Å². The molecule has 1 N–H and O–H groups in total. The van der Waals surface area contributed by atoms with Crippen LogP contribution in [0.2, 0.25) is 0 Å². The van der Waals surface area contributed by atoms with Crippen molar-refractivity contribution in [2.45, 2.75) is 33.7 Å². The van der Waals surface area contributed by atoms with Crippen LogP contribution >= 0.6 is 0 Å². The summed E-state index contributed by atoms with van der Waals surface area (Å²) in [4.78, 5) is 12.3. The smallest absolute Gasteiger partial charge is 0.322 e. The lowest BCUT2D eigenvalue weighted by Crippen LogP contribution is -2.14. The number of amides is 1. The van der Waals surface area contributed by atoms with Gasteiger partial charge >= 0.3 is 6.01 Å². The maximum atomic E-state index is 12.3. The van der Waals surface area contributed by atoms with Crippen LogP contribution in [0.4, 0.5) is 6.01 Å². The molecule has 3 rings (SSSR count). The third-order valence-corrected chi connectivity index (χ3v) is 3.62. The Bertz CT molecular complexity index is 868. The van der Waals surface area contributed by atoms with Gasteiger partial charge in [0.15, 0.2) is 5.69 Å². The highest BCUT2D eigenvalue weighted by atomic mass is 16.4. The minimum absolute atomic E-state index is 0.00931. The Morgan fingerprint density at radius 1 is 1.17 bits per heavy atom. The van der Waals surface area contributed by atoms with E-state index in [9.17, 15) is 4.79 Å². The van der Waals surface area contributed by atoms with Crippen LogP contribution in [0.25, 0.3) is 11.6 Å². The van der Waals surface area contributed by atoms with Crippen LogP contribution in [0.3, 0.4) is 0 Å². The largest absolute Gasteiger partial charge is 0.401 e. The third kappa shape index (κ3) is 2.92. The first kappa shape index (κ1) is 15.9. The summed E-state index contributed by atoms with van der Waals surface area (Å²) in [6.07, 6.45) is 0. The molecule has 0 atom stereocenters. The Labute approximate surface area is 138 Å². The second-order valence-corrected chi connectivity index (χ2v) is 5.87. The van der Waals surface area contributed by atoms with Crippen LogP contribution in [-0.2, 0) is 7.05 Å². The molecule has 0 radical (unpaired) electrons. The van der Waals surface area contributed by atoms with Crippen molar-refractivity contribution < 1.29 is 9.21 Å². The molecule has 0 unspecified atom stereocenters. The molecule has 3 aromatic rings. The Balaban J connectivity index is 1.77. The van der Waals surface area contributed by atoms with Gasteiger partial charge < -0.3 is 4.42 Å². The lowest BCUT2D eigenvalue weighted by atomic mass is 10.3. The van der Waals surface area contributed by atoms with Crippen molar-refractivity contribution in [3.8, 4) is 11.6 Å². The maximum absolute atomic E-state index is 12.3. The van der Waals surface area contributed by atoms with E-state index in [-0.39, 0.29) is 17.9 Å². The van der Waals surface area contributed by atoms with Crippen molar-refractivity contribution in [3.63, 3.8) is 0 Å². The monoisotopic (exact) mass is 329 g/mol. The quantitative estimate of drug-likeness (QED) is 0.786. The fourth-order valence-electron chi connectivity index (χ4n) is 2.33. The summed E-state index contributed by atoms with van der Waals surface area (Å²) in [5, 5.41) is 18.8. The molecular weight excluding hydrogens is 310 g/mol. The van der Waals surface area contributed by atoms with E-state index in [0.717, 1.165) is 11.4 Å². The summed E-state index contributed by atoms with van der Waals surface area (Å²) < 4.78 is 8.94. The second kappa shape index (κ2) is 5.91. The van der Waals surface area contributed by atoms with Gasteiger partial charge in [-0.1, -0.05) is 5.10 Å². The van der Waals surface area contributed by atoms with Crippen LogP contribution in [-0.4, -0.2) is 35.7 Å². The molecule has 9 nitrogen and oxygen atoms in total. The van der Waals surface area contributed by atoms with E-state index in [1.807, 2.05) is 40.8 Å². The molecule has 0 bridgehead atoms. The average Bonchev–Trinajstić information content (AvgIpc) is 3.19. The molecule has 0 spiro atoms. The second-order valence-electron chi connectivity index (χ2n) is 5.87. The Morgan fingerprint density at radius 2 is 1.92 bits per heavy atom. The molecule has 0 aliphatic carbocycles. The van der Waals surface area contributed by atoms with Crippen molar-refractivity contribution in [1.82, 2.24) is 29.8 Å². The number of nitrogens with zero attached hydrogens (tertiary/aromatic N) is 6. The number of hydrogen-bond donors (Lipinski definition) is 1. The topological polar surface area (TPSA) is 104 Å². The molecule has 0 aromatic carbocycles. The van der Waals surface area contributed by atoms with E-state index in [0.29, 0.717) is 11.4 Å². The van der Waals surface area contributed by atoms with E-state index in [1.54, 1.807) is 15.4 Å². The molecule has 126 valence electrons. The highest BCUT2D eigenvalue weighted by Gasteiger charge is 2.18. The van der Waals surface area contributed by atoms with Gasteiger partial charge in [-0.15, -0.1) is 5.10 Å². The molecular formula is C15H19N7O2. The Hall–Kier alpha value is -2.97. The summed E-state index contributed by atoms with van der Waals surface area (Å²) in [7, 11) is 1.82. The van der Waals surface area contributed by atoms with Crippen LogP contribution in [0, 0.1) is 13.8 Å². The molecule has 0 fully saturated rings. The van der Waals surface area contributed by atoms with E-state index >= 15 is 0 Å². The van der Waals surface area contributed by atoms with Gasteiger partial charge in [0.1, 0.15) is 5.69 Å². The van der Waals surface area contributed by atoms with Gasteiger partial charge in [-0.2, -0.15) is 10.2 Å². The summed E-state index contributed by atoms with van der Waals surface area (Å²) in [6, 6.07) is 3.73. The number of hydrogen-bond acceptors (Lipinski definition) is 6. The van der Waals surface area contributed by atoms with Gasteiger partial charge in [0.05, 0.1) is 0 Å². The number of carbonyl (C=O) groups excluding carboxylic acids is 1. The normalized spacial score (nSPS) is 11.2. The van der Waals surface area contributed by atoms with E-state index in [4.69, 9.17) is 4.42 Å². The zero-order chi connectivity index (χ0) is 17.4. The number of aryl methyl sites for hydroxylation is 3. The van der Waals surface area contributed by atoms with Crippen LogP contribution in [0.1, 0.15) is 41.8 Å². The number of carbonyl (C=O) groups is 1. The molecule has 0 aliphatic rings. The lowest BCUT2D eigenvalue weighted by molar-refractivity contribution is 0.101. The predicted molar refractivity (Wildman–Crippen MR) is 86.5 cm³/mol. The minimum Gasteiger partial charge on any atom is -0.401 e. The standard InChI is InChI=1S/C15H19N7O2/c1-8(2)22-10(4)7-11(20-22)13(23)16-15-18-17-14(24-15)12-6-9(3)21(5)19-12/h6-8H,1-5H3,(H,16,18,23). The van der Waals surface area contributed by atoms with Gasteiger partial charge in [0.2, 0.25) is 0 Å². The minimum atomic E-state index is -0.398. The van der Waals surface area contributed by atoms with E-state index < -0.39 is 5.91 Å². The third-order valence-electron chi connectivity index (χ3n) is 3.62. The first-order valence-electron chi connectivity index (χ1n) is 7.57. The average molecular weight is 329 g/mol. The number of rotatable bonds is 4. The first-order chi connectivity index (χ1) is 11.3. The maximum Gasteiger partial charge on any atom is 0.322 e. The van der Waals surface area contributed by atoms with E-state index in [2.05, 4.69) is 25.7 Å². The number of nitrogens with one attached hydrogen (secondary N) is 1. The van der Waals surface area contributed by atoms with Crippen molar-refractivity contribution in [3.05, 3.63) is 29.2 Å². The zero-order valence-electron chi connectivity index (χ0n) is 14.2. The predicted octanol–water partition coefficient (Wildman–Crippen LogP) is 2.12. The number of anilines is 1. The van der Waals surface area contributed by atoms with Crippen LogP contribution < -0.4 is 5.32 Å². The fraction of sp³-hybridized carbons (Fsp3) is 0.400. The fourth-order valence-corrected chi connectivity index (χ4v) is 2.33. The van der Waals surface area contributed by atoms with Gasteiger partial charge in [-0.25, -0.2) is 0 Å². The van der Waals surface area contributed by atoms with Gasteiger partial charge in [-0.3, -0.25) is 19.5 Å². The number of aromatic nitrogens is 6. The Kier molecular flexibility index (Phi) is 3.92.